The lowest BCUT2D eigenvalue weighted by Gasteiger charge is -2.07. The molecule has 0 unspecified atom stereocenters. The number of nitrogens with zero attached hydrogens (tertiary/aromatic N) is 2. The summed E-state index contributed by atoms with van der Waals surface area (Å²) in [5, 5.41) is 5.08. The van der Waals surface area contributed by atoms with Crippen LogP contribution in [0.15, 0.2) is 24.4 Å². The smallest absolute Gasteiger partial charge is 0.270 e. The highest BCUT2D eigenvalue weighted by Gasteiger charge is 2.14. The Labute approximate surface area is 119 Å². The molecule has 100 valence electrons. The maximum absolute atomic E-state index is 11.4. The molecule has 5 N–H and O–H groups in total. The van der Waals surface area contributed by atoms with E-state index in [1.54, 1.807) is 18.2 Å². The van der Waals surface area contributed by atoms with Gasteiger partial charge >= 0.3 is 0 Å². The lowest BCUT2D eigenvalue weighted by Crippen LogP contribution is -2.30. The van der Waals surface area contributed by atoms with Crippen molar-refractivity contribution in [3.05, 3.63) is 45.6 Å². The Hall–Kier alpha value is -1.76. The molecule has 2 aromatic rings. The predicted molar refractivity (Wildman–Crippen MR) is 73.9 cm³/mol. The normalized spacial score (nSPS) is 10.5. The number of carbonyl (C=O) groups is 1. The Morgan fingerprint density at radius 2 is 2.16 bits per heavy atom. The summed E-state index contributed by atoms with van der Waals surface area (Å²) in [6, 6.07) is 5.12. The third-order valence-electron chi connectivity index (χ3n) is 2.59. The summed E-state index contributed by atoms with van der Waals surface area (Å²) in [6.07, 6.45) is 1.35. The van der Waals surface area contributed by atoms with E-state index in [0.717, 1.165) is 5.56 Å². The number of nitrogen functional groups attached to an aromatic ring is 2. The predicted octanol–water partition coefficient (Wildman–Crippen LogP) is 1.42. The van der Waals surface area contributed by atoms with Gasteiger partial charge in [0.1, 0.15) is 11.4 Å². The van der Waals surface area contributed by atoms with Crippen molar-refractivity contribution in [3.63, 3.8) is 0 Å². The molecule has 0 bridgehead atoms. The largest absolute Gasteiger partial charge is 0.383 e. The van der Waals surface area contributed by atoms with Crippen LogP contribution in [0.5, 0.6) is 0 Å². The van der Waals surface area contributed by atoms with Gasteiger partial charge in [-0.05, 0) is 17.7 Å². The zero-order chi connectivity index (χ0) is 14.0. The minimum atomic E-state index is -0.494. The van der Waals surface area contributed by atoms with Crippen molar-refractivity contribution in [1.82, 2.24) is 15.2 Å². The van der Waals surface area contributed by atoms with Gasteiger partial charge < -0.3 is 5.73 Å². The standard InChI is InChI=1S/C11H11Cl2N5O/c12-7-2-1-6(9(13)3-7)5-18-10(14)8(4-16-18)11(19)17-15/h1-4H,5,14-15H2,(H,17,19). The minimum absolute atomic E-state index is 0.215. The molecule has 0 saturated heterocycles. The molecule has 2 rings (SSSR count). The first-order chi connectivity index (χ1) is 9.02. The lowest BCUT2D eigenvalue weighted by molar-refractivity contribution is 0.0954. The molecule has 1 heterocycles. The molecule has 1 amide bonds. The molecular formula is C11H11Cl2N5O. The topological polar surface area (TPSA) is 99.0 Å². The van der Waals surface area contributed by atoms with Crippen LogP contribution in [-0.4, -0.2) is 15.7 Å². The zero-order valence-corrected chi connectivity index (χ0v) is 11.2. The second kappa shape index (κ2) is 5.48. The first kappa shape index (κ1) is 13.7. The SMILES string of the molecule is NNC(=O)c1cnn(Cc2ccc(Cl)cc2Cl)c1N. The van der Waals surface area contributed by atoms with Gasteiger partial charge in [0.15, 0.2) is 0 Å². The van der Waals surface area contributed by atoms with E-state index < -0.39 is 5.91 Å². The van der Waals surface area contributed by atoms with E-state index in [1.807, 2.05) is 5.43 Å². The maximum Gasteiger partial charge on any atom is 0.270 e. The molecule has 0 aliphatic rings. The van der Waals surface area contributed by atoms with E-state index in [4.69, 9.17) is 34.8 Å². The quantitative estimate of drug-likeness (QED) is 0.453. The second-order valence-corrected chi connectivity index (χ2v) is 4.65. The molecule has 8 heteroatoms. The fourth-order valence-electron chi connectivity index (χ4n) is 1.58. The monoisotopic (exact) mass is 299 g/mol. The summed E-state index contributed by atoms with van der Waals surface area (Å²) in [4.78, 5) is 11.4. The van der Waals surface area contributed by atoms with Crippen molar-refractivity contribution in [1.29, 1.82) is 0 Å². The minimum Gasteiger partial charge on any atom is -0.383 e. The summed E-state index contributed by atoms with van der Waals surface area (Å²) in [7, 11) is 0. The van der Waals surface area contributed by atoms with Crippen LogP contribution in [0.2, 0.25) is 10.0 Å². The van der Waals surface area contributed by atoms with Gasteiger partial charge in [0.2, 0.25) is 0 Å². The average Bonchev–Trinajstić information content (AvgIpc) is 2.73. The third-order valence-corrected chi connectivity index (χ3v) is 3.18. The van der Waals surface area contributed by atoms with E-state index in [-0.39, 0.29) is 11.4 Å². The highest BCUT2D eigenvalue weighted by atomic mass is 35.5. The molecule has 1 aromatic heterocycles. The average molecular weight is 300 g/mol. The van der Waals surface area contributed by atoms with E-state index >= 15 is 0 Å². The Morgan fingerprint density at radius 1 is 1.42 bits per heavy atom. The molecule has 19 heavy (non-hydrogen) atoms. The molecule has 0 radical (unpaired) electrons. The molecule has 0 spiro atoms. The number of benzene rings is 1. The van der Waals surface area contributed by atoms with Crippen LogP contribution < -0.4 is 17.0 Å². The van der Waals surface area contributed by atoms with Crippen molar-refractivity contribution in [2.24, 2.45) is 5.84 Å². The van der Waals surface area contributed by atoms with Gasteiger partial charge in [-0.3, -0.25) is 10.2 Å². The highest BCUT2D eigenvalue weighted by molar-refractivity contribution is 6.35. The van der Waals surface area contributed by atoms with Gasteiger partial charge in [-0.15, -0.1) is 0 Å². The zero-order valence-electron chi connectivity index (χ0n) is 9.73. The Bertz CT molecular complexity index is 626. The summed E-state index contributed by atoms with van der Waals surface area (Å²) in [5.74, 6) is 4.77. The molecule has 0 atom stereocenters. The Kier molecular flexibility index (Phi) is 3.94. The van der Waals surface area contributed by atoms with E-state index in [1.165, 1.54) is 10.9 Å². The van der Waals surface area contributed by atoms with Crippen molar-refractivity contribution in [2.45, 2.75) is 6.54 Å². The van der Waals surface area contributed by atoms with Gasteiger partial charge in [0.05, 0.1) is 12.7 Å². The molecule has 0 aliphatic heterocycles. The van der Waals surface area contributed by atoms with Crippen molar-refractivity contribution in [3.8, 4) is 0 Å². The number of hydrogen-bond acceptors (Lipinski definition) is 4. The molecule has 1 aromatic carbocycles. The van der Waals surface area contributed by atoms with Crippen molar-refractivity contribution in [2.75, 3.05) is 5.73 Å². The van der Waals surface area contributed by atoms with Crippen LogP contribution in [0.1, 0.15) is 15.9 Å². The number of hydrazine groups is 1. The number of amides is 1. The van der Waals surface area contributed by atoms with E-state index in [2.05, 4.69) is 5.10 Å². The number of nitrogens with two attached hydrogens (primary N) is 2. The number of halogens is 2. The van der Waals surface area contributed by atoms with Crippen LogP contribution in [0.4, 0.5) is 5.82 Å². The fraction of sp³-hybridized carbons (Fsp3) is 0.0909. The molecule has 0 fully saturated rings. The van der Waals surface area contributed by atoms with Gasteiger partial charge in [-0.25, -0.2) is 10.5 Å². The summed E-state index contributed by atoms with van der Waals surface area (Å²) < 4.78 is 1.46. The second-order valence-electron chi connectivity index (χ2n) is 3.81. The van der Waals surface area contributed by atoms with Crippen molar-refractivity contribution < 1.29 is 4.79 Å². The number of nitrogens with one attached hydrogen (secondary N) is 1. The molecule has 0 aliphatic carbocycles. The third kappa shape index (κ3) is 2.81. The van der Waals surface area contributed by atoms with Gasteiger partial charge in [-0.1, -0.05) is 29.3 Å². The van der Waals surface area contributed by atoms with Gasteiger partial charge in [0, 0.05) is 10.0 Å². The number of rotatable bonds is 3. The number of anilines is 1. The number of aromatic nitrogens is 2. The fourth-order valence-corrected chi connectivity index (χ4v) is 2.05. The van der Waals surface area contributed by atoms with E-state index in [0.29, 0.717) is 16.6 Å². The van der Waals surface area contributed by atoms with Crippen LogP contribution in [0, 0.1) is 0 Å². The highest BCUT2D eigenvalue weighted by Crippen LogP contribution is 2.23. The van der Waals surface area contributed by atoms with Crippen LogP contribution in [0.25, 0.3) is 0 Å². The number of hydrogen-bond donors (Lipinski definition) is 3. The first-order valence-electron chi connectivity index (χ1n) is 5.29. The lowest BCUT2D eigenvalue weighted by atomic mass is 10.2. The van der Waals surface area contributed by atoms with Gasteiger partial charge in [-0.2, -0.15) is 5.10 Å². The summed E-state index contributed by atoms with van der Waals surface area (Å²) in [5.41, 5.74) is 8.83. The van der Waals surface area contributed by atoms with Crippen LogP contribution in [0.3, 0.4) is 0 Å². The van der Waals surface area contributed by atoms with Crippen LogP contribution in [-0.2, 0) is 6.54 Å². The Morgan fingerprint density at radius 3 is 2.79 bits per heavy atom. The molecule has 0 saturated carbocycles. The van der Waals surface area contributed by atoms with Crippen molar-refractivity contribution >= 4 is 34.9 Å². The summed E-state index contributed by atoms with van der Waals surface area (Å²) in [6.45, 7) is 0.333. The first-order valence-corrected chi connectivity index (χ1v) is 6.04. The maximum atomic E-state index is 11.4. The Balaban J connectivity index is 2.29. The molecular weight excluding hydrogens is 289 g/mol. The molecule has 6 nitrogen and oxygen atoms in total. The van der Waals surface area contributed by atoms with Crippen LogP contribution >= 0.6 is 23.2 Å². The number of carbonyl (C=O) groups excluding carboxylic acids is 1. The van der Waals surface area contributed by atoms with E-state index in [9.17, 15) is 4.79 Å². The summed E-state index contributed by atoms with van der Waals surface area (Å²) >= 11 is 11.9. The van der Waals surface area contributed by atoms with Gasteiger partial charge in [0.25, 0.3) is 5.91 Å².